The molecule has 0 heterocycles. The van der Waals surface area contributed by atoms with Crippen molar-refractivity contribution >= 4 is 15.9 Å². The molecule has 0 fully saturated rings. The Morgan fingerprint density at radius 1 is 1.33 bits per heavy atom. The van der Waals surface area contributed by atoms with Crippen molar-refractivity contribution in [2.45, 2.75) is 4.90 Å². The van der Waals surface area contributed by atoms with Crippen molar-refractivity contribution < 1.29 is 22.3 Å². The van der Waals surface area contributed by atoms with E-state index < -0.39 is 34.1 Å². The number of hydrogen-bond donors (Lipinski definition) is 1. The van der Waals surface area contributed by atoms with E-state index in [2.05, 4.69) is 10.5 Å². The molecule has 0 spiro atoms. The average molecular weight is 273 g/mol. The normalized spacial score (nSPS) is 12.2. The van der Waals surface area contributed by atoms with Crippen LogP contribution in [0.5, 0.6) is 0 Å². The van der Waals surface area contributed by atoms with E-state index in [-0.39, 0.29) is 4.90 Å². The van der Waals surface area contributed by atoms with E-state index in [0.717, 1.165) is 6.08 Å². The van der Waals surface area contributed by atoms with Crippen LogP contribution >= 0.6 is 0 Å². The summed E-state index contributed by atoms with van der Waals surface area (Å²) in [6, 6.07) is 7.51. The van der Waals surface area contributed by atoms with Crippen molar-refractivity contribution in [1.82, 2.24) is 0 Å². The minimum absolute atomic E-state index is 0.0318. The van der Waals surface area contributed by atoms with Crippen molar-refractivity contribution in [3.63, 3.8) is 0 Å². The van der Waals surface area contributed by atoms with Gasteiger partial charge in [-0.15, -0.1) is 0 Å². The highest BCUT2D eigenvalue weighted by Crippen LogP contribution is 2.13. The number of ether oxygens (including phenoxy) is 1. The van der Waals surface area contributed by atoms with Crippen molar-refractivity contribution in [1.29, 1.82) is 0 Å². The molecule has 1 aromatic rings. The lowest BCUT2D eigenvalue weighted by atomic mass is 10.4. The van der Waals surface area contributed by atoms with Crippen LogP contribution in [0.15, 0.2) is 47.1 Å². The van der Waals surface area contributed by atoms with Gasteiger partial charge in [0.2, 0.25) is 0 Å². The molecule has 0 saturated heterocycles. The van der Waals surface area contributed by atoms with Crippen molar-refractivity contribution in [2.24, 2.45) is 5.73 Å². The van der Waals surface area contributed by atoms with Gasteiger partial charge in [-0.2, -0.15) is 0 Å². The van der Waals surface area contributed by atoms with Crippen LogP contribution in [-0.2, 0) is 14.6 Å². The van der Waals surface area contributed by atoms with Gasteiger partial charge in [-0.1, -0.05) is 18.2 Å². The number of benzene rings is 1. The van der Waals surface area contributed by atoms with Crippen LogP contribution in [0.2, 0.25) is 0 Å². The average Bonchev–Trinajstić information content (AvgIpc) is 2.29. The van der Waals surface area contributed by atoms with Gasteiger partial charge < -0.3 is 10.5 Å². The van der Waals surface area contributed by atoms with E-state index in [1.165, 1.54) is 12.1 Å². The van der Waals surface area contributed by atoms with Crippen LogP contribution in [0, 0.1) is 0 Å². The molecule has 1 aromatic carbocycles. The van der Waals surface area contributed by atoms with E-state index in [0.29, 0.717) is 0 Å². The van der Waals surface area contributed by atoms with Crippen molar-refractivity contribution in [3.8, 4) is 0 Å². The van der Waals surface area contributed by atoms with Gasteiger partial charge in [0.15, 0.2) is 9.84 Å². The van der Waals surface area contributed by atoms with Gasteiger partial charge >= 0.3 is 6.09 Å². The Morgan fingerprint density at radius 3 is 2.50 bits per heavy atom. The van der Waals surface area contributed by atoms with Crippen LogP contribution in [-0.4, -0.2) is 26.9 Å². The number of carbonyl (C=O) groups is 1. The fraction of sp³-hybridized carbons (Fsp3) is 0.182. The summed E-state index contributed by atoms with van der Waals surface area (Å²) in [5.41, 5.74) is 4.67. The third-order valence-corrected chi connectivity index (χ3v) is 3.61. The van der Waals surface area contributed by atoms with Crippen LogP contribution in [0.1, 0.15) is 0 Å². The SMILES string of the molecule is NC(=O)OCC=C(F)CS(=O)(=O)c1ccccc1. The Hall–Kier alpha value is -1.89. The highest BCUT2D eigenvalue weighted by atomic mass is 32.2. The zero-order chi connectivity index (χ0) is 13.6. The molecule has 7 heteroatoms. The molecule has 1 rings (SSSR count). The van der Waals surface area contributed by atoms with Gasteiger partial charge in [0.25, 0.3) is 0 Å². The predicted molar refractivity (Wildman–Crippen MR) is 63.2 cm³/mol. The predicted octanol–water partition coefficient (Wildman–Crippen LogP) is 1.41. The maximum atomic E-state index is 13.3. The Balaban J connectivity index is 2.69. The van der Waals surface area contributed by atoms with Crippen LogP contribution < -0.4 is 5.73 Å². The molecule has 0 bridgehead atoms. The molecular formula is C11H12FNO4S. The molecule has 0 atom stereocenters. The van der Waals surface area contributed by atoms with E-state index in [9.17, 15) is 17.6 Å². The Bertz CT molecular complexity index is 539. The van der Waals surface area contributed by atoms with Crippen molar-refractivity contribution in [3.05, 3.63) is 42.2 Å². The summed E-state index contributed by atoms with van der Waals surface area (Å²) >= 11 is 0. The summed E-state index contributed by atoms with van der Waals surface area (Å²) in [4.78, 5) is 10.2. The molecule has 0 aliphatic carbocycles. The maximum Gasteiger partial charge on any atom is 0.404 e. The van der Waals surface area contributed by atoms with E-state index in [1.54, 1.807) is 18.2 Å². The van der Waals surface area contributed by atoms with E-state index in [4.69, 9.17) is 0 Å². The Morgan fingerprint density at radius 2 is 1.94 bits per heavy atom. The second kappa shape index (κ2) is 6.15. The van der Waals surface area contributed by atoms with E-state index in [1.807, 2.05) is 0 Å². The van der Waals surface area contributed by atoms with E-state index >= 15 is 0 Å². The molecule has 18 heavy (non-hydrogen) atoms. The summed E-state index contributed by atoms with van der Waals surface area (Å²) in [5.74, 6) is -1.68. The molecule has 0 saturated carbocycles. The molecule has 0 aliphatic heterocycles. The first-order chi connectivity index (χ1) is 8.42. The number of sulfone groups is 1. The lowest BCUT2D eigenvalue weighted by Crippen LogP contribution is -2.13. The minimum atomic E-state index is -3.73. The number of hydrogen-bond acceptors (Lipinski definition) is 4. The molecule has 0 aliphatic rings. The Kier molecular flexibility index (Phi) is 4.85. The molecule has 0 aromatic heterocycles. The number of rotatable bonds is 5. The quantitative estimate of drug-likeness (QED) is 0.878. The van der Waals surface area contributed by atoms with Gasteiger partial charge in [-0.05, 0) is 18.2 Å². The number of carbonyl (C=O) groups excluding carboxylic acids is 1. The summed E-state index contributed by atoms with van der Waals surface area (Å²) in [7, 11) is -3.73. The number of halogens is 1. The lowest BCUT2D eigenvalue weighted by Gasteiger charge is -2.02. The van der Waals surface area contributed by atoms with Gasteiger partial charge in [0.1, 0.15) is 18.2 Å². The maximum absolute atomic E-state index is 13.3. The molecule has 1 amide bonds. The molecule has 5 nitrogen and oxygen atoms in total. The third kappa shape index (κ3) is 4.54. The second-order valence-electron chi connectivity index (χ2n) is 3.35. The zero-order valence-electron chi connectivity index (χ0n) is 9.37. The molecule has 2 N–H and O–H groups in total. The highest BCUT2D eigenvalue weighted by molar-refractivity contribution is 7.91. The summed E-state index contributed by atoms with van der Waals surface area (Å²) < 4.78 is 41.0. The van der Waals surface area contributed by atoms with Crippen LogP contribution in [0.3, 0.4) is 0 Å². The van der Waals surface area contributed by atoms with Gasteiger partial charge in [0, 0.05) is 0 Å². The van der Waals surface area contributed by atoms with Gasteiger partial charge in [-0.25, -0.2) is 17.6 Å². The fourth-order valence-electron chi connectivity index (χ4n) is 1.17. The minimum Gasteiger partial charge on any atom is -0.445 e. The monoisotopic (exact) mass is 273 g/mol. The second-order valence-corrected chi connectivity index (χ2v) is 5.34. The third-order valence-electron chi connectivity index (χ3n) is 1.96. The summed E-state index contributed by atoms with van der Waals surface area (Å²) in [5, 5.41) is 0. The smallest absolute Gasteiger partial charge is 0.404 e. The lowest BCUT2D eigenvalue weighted by molar-refractivity contribution is 0.169. The molecule has 0 radical (unpaired) electrons. The van der Waals surface area contributed by atoms with Gasteiger partial charge in [-0.3, -0.25) is 0 Å². The topological polar surface area (TPSA) is 86.5 Å². The van der Waals surface area contributed by atoms with Gasteiger partial charge in [0.05, 0.1) is 4.90 Å². The molecular weight excluding hydrogens is 261 g/mol. The first-order valence-corrected chi connectivity index (χ1v) is 6.61. The Labute approximate surface area is 104 Å². The number of nitrogens with two attached hydrogens (primary N) is 1. The summed E-state index contributed by atoms with van der Waals surface area (Å²) in [6.45, 7) is -0.397. The van der Waals surface area contributed by atoms with Crippen LogP contribution in [0.25, 0.3) is 0 Å². The largest absolute Gasteiger partial charge is 0.445 e. The highest BCUT2D eigenvalue weighted by Gasteiger charge is 2.16. The van der Waals surface area contributed by atoms with Crippen LogP contribution in [0.4, 0.5) is 9.18 Å². The first-order valence-electron chi connectivity index (χ1n) is 4.96. The molecule has 98 valence electrons. The summed E-state index contributed by atoms with van der Waals surface area (Å²) in [6.07, 6.45) is -0.199. The fourth-order valence-corrected chi connectivity index (χ4v) is 2.39. The number of amides is 1. The van der Waals surface area contributed by atoms with Crippen molar-refractivity contribution in [2.75, 3.05) is 12.4 Å². The first kappa shape index (κ1) is 14.2. The zero-order valence-corrected chi connectivity index (χ0v) is 10.2. The molecule has 0 unspecified atom stereocenters. The standard InChI is InChI=1S/C11H12FNO4S/c12-9(6-7-17-11(13)14)8-18(15,16)10-4-2-1-3-5-10/h1-6H,7-8H2,(H2,13,14). The number of primary amides is 1.